The number of rotatable bonds is 4. The Morgan fingerprint density at radius 2 is 2.00 bits per heavy atom. The number of hydrogen-bond donors (Lipinski definition) is 0. The van der Waals surface area contributed by atoms with Crippen molar-refractivity contribution in [2.45, 2.75) is 25.9 Å². The predicted molar refractivity (Wildman–Crippen MR) is 64.3 cm³/mol. The fourth-order valence-electron chi connectivity index (χ4n) is 2.05. The van der Waals surface area contributed by atoms with Gasteiger partial charge < -0.3 is 9.47 Å². The second kappa shape index (κ2) is 6.66. The SMILES string of the molecule is c1ccc(COCC2CCCOCC2)cc1. The lowest BCUT2D eigenvalue weighted by atomic mass is 10.0. The summed E-state index contributed by atoms with van der Waals surface area (Å²) in [4.78, 5) is 0. The first kappa shape index (κ1) is 11.6. The maximum Gasteiger partial charge on any atom is 0.0717 e. The summed E-state index contributed by atoms with van der Waals surface area (Å²) in [6, 6.07) is 10.4. The van der Waals surface area contributed by atoms with E-state index >= 15 is 0 Å². The van der Waals surface area contributed by atoms with Crippen LogP contribution < -0.4 is 0 Å². The topological polar surface area (TPSA) is 18.5 Å². The Balaban J connectivity index is 1.67. The Morgan fingerprint density at radius 3 is 2.88 bits per heavy atom. The van der Waals surface area contributed by atoms with Gasteiger partial charge in [0.1, 0.15) is 0 Å². The van der Waals surface area contributed by atoms with Crippen molar-refractivity contribution in [2.24, 2.45) is 5.92 Å². The molecule has 1 aromatic carbocycles. The molecule has 0 aromatic heterocycles. The molecule has 2 rings (SSSR count). The zero-order valence-corrected chi connectivity index (χ0v) is 9.73. The first-order valence-corrected chi connectivity index (χ1v) is 6.14. The minimum absolute atomic E-state index is 0.686. The van der Waals surface area contributed by atoms with E-state index in [2.05, 4.69) is 24.3 Å². The van der Waals surface area contributed by atoms with Crippen molar-refractivity contribution in [1.82, 2.24) is 0 Å². The van der Waals surface area contributed by atoms with Gasteiger partial charge in [0.25, 0.3) is 0 Å². The highest BCUT2D eigenvalue weighted by Gasteiger charge is 2.12. The number of hydrogen-bond acceptors (Lipinski definition) is 2. The first-order valence-electron chi connectivity index (χ1n) is 6.14. The summed E-state index contributed by atoms with van der Waals surface area (Å²) in [5, 5.41) is 0. The largest absolute Gasteiger partial charge is 0.381 e. The fraction of sp³-hybridized carbons (Fsp3) is 0.571. The van der Waals surface area contributed by atoms with E-state index in [0.29, 0.717) is 5.92 Å². The lowest BCUT2D eigenvalue weighted by molar-refractivity contribution is 0.0771. The molecule has 1 saturated heterocycles. The van der Waals surface area contributed by atoms with Gasteiger partial charge in [-0.15, -0.1) is 0 Å². The van der Waals surface area contributed by atoms with E-state index in [0.717, 1.165) is 32.8 Å². The van der Waals surface area contributed by atoms with E-state index in [-0.39, 0.29) is 0 Å². The first-order chi connectivity index (χ1) is 7.95. The van der Waals surface area contributed by atoms with Crippen LogP contribution in [0.3, 0.4) is 0 Å². The normalized spacial score (nSPS) is 21.6. The molecular weight excluding hydrogens is 200 g/mol. The van der Waals surface area contributed by atoms with Gasteiger partial charge in [-0.1, -0.05) is 30.3 Å². The summed E-state index contributed by atoms with van der Waals surface area (Å²) >= 11 is 0. The van der Waals surface area contributed by atoms with E-state index in [1.807, 2.05) is 6.07 Å². The maximum atomic E-state index is 5.76. The monoisotopic (exact) mass is 220 g/mol. The van der Waals surface area contributed by atoms with Crippen molar-refractivity contribution >= 4 is 0 Å². The Labute approximate surface area is 97.6 Å². The summed E-state index contributed by atoms with van der Waals surface area (Å²) in [5.41, 5.74) is 1.26. The summed E-state index contributed by atoms with van der Waals surface area (Å²) in [7, 11) is 0. The highest BCUT2D eigenvalue weighted by molar-refractivity contribution is 5.13. The van der Waals surface area contributed by atoms with Gasteiger partial charge in [0, 0.05) is 19.8 Å². The number of benzene rings is 1. The summed E-state index contributed by atoms with van der Waals surface area (Å²) in [6.45, 7) is 3.44. The minimum Gasteiger partial charge on any atom is -0.381 e. The fourth-order valence-corrected chi connectivity index (χ4v) is 2.05. The van der Waals surface area contributed by atoms with Crippen LogP contribution in [0.25, 0.3) is 0 Å². The van der Waals surface area contributed by atoms with Gasteiger partial charge in [0.05, 0.1) is 6.61 Å². The molecule has 2 heteroatoms. The Morgan fingerprint density at radius 1 is 1.12 bits per heavy atom. The maximum absolute atomic E-state index is 5.76. The van der Waals surface area contributed by atoms with Gasteiger partial charge in [-0.25, -0.2) is 0 Å². The average Bonchev–Trinajstić information content (AvgIpc) is 2.59. The molecule has 1 aliphatic heterocycles. The molecule has 1 atom stereocenters. The quantitative estimate of drug-likeness (QED) is 0.776. The van der Waals surface area contributed by atoms with Crippen LogP contribution in [0.15, 0.2) is 30.3 Å². The van der Waals surface area contributed by atoms with Crippen LogP contribution in [0.4, 0.5) is 0 Å². The van der Waals surface area contributed by atoms with Gasteiger partial charge in [-0.05, 0) is 30.7 Å². The van der Waals surface area contributed by atoms with Crippen LogP contribution in [0, 0.1) is 5.92 Å². The van der Waals surface area contributed by atoms with Crippen LogP contribution in [0.1, 0.15) is 24.8 Å². The molecule has 88 valence electrons. The molecule has 0 bridgehead atoms. The van der Waals surface area contributed by atoms with Gasteiger partial charge in [-0.2, -0.15) is 0 Å². The zero-order chi connectivity index (χ0) is 11.1. The third-order valence-corrected chi connectivity index (χ3v) is 3.04. The van der Waals surface area contributed by atoms with Crippen molar-refractivity contribution in [2.75, 3.05) is 19.8 Å². The van der Waals surface area contributed by atoms with Crippen molar-refractivity contribution in [3.63, 3.8) is 0 Å². The highest BCUT2D eigenvalue weighted by Crippen LogP contribution is 2.16. The third-order valence-electron chi connectivity index (χ3n) is 3.04. The highest BCUT2D eigenvalue weighted by atomic mass is 16.5. The second-order valence-corrected chi connectivity index (χ2v) is 4.41. The number of ether oxygens (including phenoxy) is 2. The second-order valence-electron chi connectivity index (χ2n) is 4.41. The standard InChI is InChI=1S/C14H20O2/c1-2-5-13(6-3-1)11-16-12-14-7-4-9-15-10-8-14/h1-3,5-6,14H,4,7-12H2. The Hall–Kier alpha value is -0.860. The van der Waals surface area contributed by atoms with Gasteiger partial charge >= 0.3 is 0 Å². The van der Waals surface area contributed by atoms with Crippen molar-refractivity contribution in [3.05, 3.63) is 35.9 Å². The van der Waals surface area contributed by atoms with E-state index in [9.17, 15) is 0 Å². The Kier molecular flexibility index (Phi) is 4.84. The Bertz CT molecular complexity index is 276. The van der Waals surface area contributed by atoms with Crippen LogP contribution in [-0.4, -0.2) is 19.8 Å². The molecule has 0 N–H and O–H groups in total. The summed E-state index contributed by atoms with van der Waals surface area (Å²) in [5.74, 6) is 0.686. The molecular formula is C14H20O2. The molecule has 0 amide bonds. The van der Waals surface area contributed by atoms with Crippen molar-refractivity contribution in [3.8, 4) is 0 Å². The molecule has 0 radical (unpaired) electrons. The zero-order valence-electron chi connectivity index (χ0n) is 9.73. The lowest BCUT2D eigenvalue weighted by Gasteiger charge is -2.13. The summed E-state index contributed by atoms with van der Waals surface area (Å²) < 4.78 is 11.2. The predicted octanol–water partition coefficient (Wildman–Crippen LogP) is 3.02. The molecule has 1 aliphatic rings. The van der Waals surface area contributed by atoms with Gasteiger partial charge in [0.2, 0.25) is 0 Å². The molecule has 16 heavy (non-hydrogen) atoms. The van der Waals surface area contributed by atoms with Gasteiger partial charge in [-0.3, -0.25) is 0 Å². The smallest absolute Gasteiger partial charge is 0.0717 e. The molecule has 0 aliphatic carbocycles. The minimum atomic E-state index is 0.686. The van der Waals surface area contributed by atoms with E-state index in [1.54, 1.807) is 0 Å². The van der Waals surface area contributed by atoms with E-state index < -0.39 is 0 Å². The molecule has 1 unspecified atom stereocenters. The average molecular weight is 220 g/mol. The van der Waals surface area contributed by atoms with Crippen molar-refractivity contribution < 1.29 is 9.47 Å². The van der Waals surface area contributed by atoms with Crippen LogP contribution >= 0.6 is 0 Å². The van der Waals surface area contributed by atoms with Crippen molar-refractivity contribution in [1.29, 1.82) is 0 Å². The third kappa shape index (κ3) is 3.95. The van der Waals surface area contributed by atoms with Crippen LogP contribution in [0.5, 0.6) is 0 Å². The lowest BCUT2D eigenvalue weighted by Crippen LogP contribution is -2.10. The van der Waals surface area contributed by atoms with E-state index in [4.69, 9.17) is 9.47 Å². The molecule has 0 saturated carbocycles. The molecule has 2 nitrogen and oxygen atoms in total. The van der Waals surface area contributed by atoms with Crippen LogP contribution in [0.2, 0.25) is 0 Å². The molecule has 1 heterocycles. The molecule has 1 aromatic rings. The summed E-state index contributed by atoms with van der Waals surface area (Å²) in [6.07, 6.45) is 3.57. The van der Waals surface area contributed by atoms with Crippen LogP contribution in [-0.2, 0) is 16.1 Å². The van der Waals surface area contributed by atoms with E-state index in [1.165, 1.54) is 18.4 Å². The molecule has 1 fully saturated rings. The molecule has 0 spiro atoms. The van der Waals surface area contributed by atoms with Gasteiger partial charge in [0.15, 0.2) is 0 Å².